The molecule has 0 radical (unpaired) electrons. The van der Waals surface area contributed by atoms with Gasteiger partial charge in [-0.15, -0.1) is 0 Å². The molecule has 0 fully saturated rings. The number of hydrazone groups is 1. The van der Waals surface area contributed by atoms with E-state index in [1.807, 2.05) is 6.07 Å². The van der Waals surface area contributed by atoms with Crippen LogP contribution in [0.15, 0.2) is 82.4 Å². The number of nitrogens with zero attached hydrogens (tertiary/aromatic N) is 1. The van der Waals surface area contributed by atoms with E-state index in [9.17, 15) is 9.59 Å². The van der Waals surface area contributed by atoms with E-state index in [0.29, 0.717) is 32.1 Å². The monoisotopic (exact) mass is 486 g/mol. The van der Waals surface area contributed by atoms with Crippen molar-refractivity contribution >= 4 is 45.6 Å². The number of ether oxygens (including phenoxy) is 2. The van der Waals surface area contributed by atoms with Gasteiger partial charge in [-0.25, -0.2) is 10.2 Å². The van der Waals surface area contributed by atoms with E-state index in [-0.39, 0.29) is 6.61 Å². The molecule has 0 bridgehead atoms. The lowest BCUT2D eigenvalue weighted by Gasteiger charge is -2.06. The first-order valence-electron chi connectivity index (χ1n) is 8.78. The van der Waals surface area contributed by atoms with E-state index >= 15 is 0 Å². The minimum absolute atomic E-state index is 0.192. The molecule has 30 heavy (non-hydrogen) atoms. The summed E-state index contributed by atoms with van der Waals surface area (Å²) in [5, 5.41) is 4.47. The Bertz CT molecular complexity index is 1070. The van der Waals surface area contributed by atoms with Crippen LogP contribution < -0.4 is 14.9 Å². The zero-order valence-electron chi connectivity index (χ0n) is 15.5. The molecule has 3 aromatic rings. The molecule has 1 amide bonds. The molecular formula is C22H16BrClN2O4. The Morgan fingerprint density at radius 1 is 1.00 bits per heavy atom. The topological polar surface area (TPSA) is 77.0 Å². The Morgan fingerprint density at radius 2 is 1.77 bits per heavy atom. The normalized spacial score (nSPS) is 10.6. The van der Waals surface area contributed by atoms with E-state index in [4.69, 9.17) is 21.1 Å². The molecule has 3 aromatic carbocycles. The van der Waals surface area contributed by atoms with Crippen molar-refractivity contribution in [3.8, 4) is 11.5 Å². The van der Waals surface area contributed by atoms with Gasteiger partial charge in [0.1, 0.15) is 11.5 Å². The molecule has 0 aliphatic rings. The fourth-order valence-electron chi connectivity index (χ4n) is 2.34. The van der Waals surface area contributed by atoms with Gasteiger partial charge in [-0.2, -0.15) is 5.10 Å². The number of amides is 1. The fourth-order valence-corrected chi connectivity index (χ4v) is 2.91. The van der Waals surface area contributed by atoms with E-state index in [1.165, 1.54) is 6.21 Å². The van der Waals surface area contributed by atoms with Crippen molar-refractivity contribution in [1.29, 1.82) is 0 Å². The highest BCUT2D eigenvalue weighted by atomic mass is 79.9. The molecule has 3 rings (SSSR count). The molecular weight excluding hydrogens is 472 g/mol. The summed E-state index contributed by atoms with van der Waals surface area (Å²) < 4.78 is 11.4. The smallest absolute Gasteiger partial charge is 0.344 e. The summed E-state index contributed by atoms with van der Waals surface area (Å²) in [5.74, 6) is -0.0166. The average molecular weight is 488 g/mol. The van der Waals surface area contributed by atoms with Crippen LogP contribution in [0.1, 0.15) is 15.9 Å². The van der Waals surface area contributed by atoms with Crippen LogP contribution in [0.2, 0.25) is 5.02 Å². The SMILES string of the molecule is O=C(COc1ccc(Cl)cc1)N/N=C/c1cccc(OC(=O)c2ccccc2Br)c1. The molecule has 8 heteroatoms. The zero-order chi connectivity index (χ0) is 21.3. The lowest BCUT2D eigenvalue weighted by molar-refractivity contribution is -0.123. The van der Waals surface area contributed by atoms with Gasteiger partial charge in [0, 0.05) is 9.50 Å². The minimum Gasteiger partial charge on any atom is -0.484 e. The van der Waals surface area contributed by atoms with Crippen LogP contribution in [0.25, 0.3) is 0 Å². The van der Waals surface area contributed by atoms with Crippen molar-refractivity contribution in [1.82, 2.24) is 5.43 Å². The summed E-state index contributed by atoms with van der Waals surface area (Å²) in [6.07, 6.45) is 1.44. The van der Waals surface area contributed by atoms with Crippen molar-refractivity contribution in [2.75, 3.05) is 6.61 Å². The van der Waals surface area contributed by atoms with Crippen molar-refractivity contribution in [2.45, 2.75) is 0 Å². The van der Waals surface area contributed by atoms with Crippen LogP contribution >= 0.6 is 27.5 Å². The van der Waals surface area contributed by atoms with Crippen molar-refractivity contribution in [3.05, 3.63) is 93.4 Å². The van der Waals surface area contributed by atoms with Gasteiger partial charge in [-0.05, 0) is 70.0 Å². The quantitative estimate of drug-likeness (QED) is 0.224. The van der Waals surface area contributed by atoms with Crippen molar-refractivity contribution < 1.29 is 19.1 Å². The Labute approximate surface area is 186 Å². The maximum Gasteiger partial charge on any atom is 0.344 e. The van der Waals surface area contributed by atoms with E-state index in [2.05, 4.69) is 26.5 Å². The van der Waals surface area contributed by atoms with Crippen LogP contribution in [0, 0.1) is 0 Å². The molecule has 0 atom stereocenters. The average Bonchev–Trinajstić information content (AvgIpc) is 2.74. The molecule has 6 nitrogen and oxygen atoms in total. The molecule has 0 aliphatic carbocycles. The third-order valence-electron chi connectivity index (χ3n) is 3.75. The van der Waals surface area contributed by atoms with Crippen molar-refractivity contribution in [3.63, 3.8) is 0 Å². The maximum atomic E-state index is 12.3. The number of benzene rings is 3. The van der Waals surface area contributed by atoms with Crippen LogP contribution in [-0.2, 0) is 4.79 Å². The Kier molecular flexibility index (Phi) is 7.59. The molecule has 152 valence electrons. The molecule has 0 spiro atoms. The third kappa shape index (κ3) is 6.43. The Balaban J connectivity index is 1.52. The number of carbonyl (C=O) groups is 2. The molecule has 0 heterocycles. The van der Waals surface area contributed by atoms with Gasteiger partial charge >= 0.3 is 5.97 Å². The first-order valence-corrected chi connectivity index (χ1v) is 9.95. The number of esters is 1. The van der Waals surface area contributed by atoms with Crippen LogP contribution in [0.5, 0.6) is 11.5 Å². The highest BCUT2D eigenvalue weighted by molar-refractivity contribution is 9.10. The van der Waals surface area contributed by atoms with Gasteiger partial charge in [0.2, 0.25) is 0 Å². The molecule has 0 aliphatic heterocycles. The highest BCUT2D eigenvalue weighted by Crippen LogP contribution is 2.20. The van der Waals surface area contributed by atoms with Gasteiger partial charge in [-0.1, -0.05) is 35.9 Å². The molecule has 0 saturated carbocycles. The largest absolute Gasteiger partial charge is 0.484 e. The van der Waals surface area contributed by atoms with E-state index in [1.54, 1.807) is 66.7 Å². The van der Waals surface area contributed by atoms with Crippen LogP contribution in [0.3, 0.4) is 0 Å². The number of nitrogens with one attached hydrogen (secondary N) is 1. The van der Waals surface area contributed by atoms with Gasteiger partial charge < -0.3 is 9.47 Å². The van der Waals surface area contributed by atoms with Crippen molar-refractivity contribution in [2.24, 2.45) is 5.10 Å². The molecule has 0 aromatic heterocycles. The number of carbonyl (C=O) groups excluding carboxylic acids is 2. The molecule has 0 saturated heterocycles. The Morgan fingerprint density at radius 3 is 2.53 bits per heavy atom. The number of rotatable bonds is 7. The third-order valence-corrected chi connectivity index (χ3v) is 4.69. The molecule has 0 unspecified atom stereocenters. The first kappa shape index (κ1) is 21.5. The standard InChI is InChI=1S/C22H16BrClN2O4/c23-20-7-2-1-6-19(20)22(28)30-18-5-3-4-15(12-18)13-25-26-21(27)14-29-17-10-8-16(24)9-11-17/h1-13H,14H2,(H,26,27)/b25-13+. The minimum atomic E-state index is -0.482. The summed E-state index contributed by atoms with van der Waals surface area (Å²) in [6.45, 7) is -0.192. The number of hydrogen-bond acceptors (Lipinski definition) is 5. The second kappa shape index (κ2) is 10.6. The van der Waals surface area contributed by atoms with E-state index < -0.39 is 11.9 Å². The highest BCUT2D eigenvalue weighted by Gasteiger charge is 2.12. The summed E-state index contributed by atoms with van der Waals surface area (Å²) in [6, 6.07) is 20.4. The Hall–Kier alpha value is -3.16. The lowest BCUT2D eigenvalue weighted by atomic mass is 10.2. The summed E-state index contributed by atoms with van der Waals surface area (Å²) in [4.78, 5) is 24.1. The maximum absolute atomic E-state index is 12.3. The van der Waals surface area contributed by atoms with Gasteiger partial charge in [0.25, 0.3) is 5.91 Å². The van der Waals surface area contributed by atoms with Gasteiger partial charge in [0.15, 0.2) is 6.61 Å². The summed E-state index contributed by atoms with van der Waals surface area (Å²) in [5.41, 5.74) is 3.44. The predicted molar refractivity (Wildman–Crippen MR) is 118 cm³/mol. The summed E-state index contributed by atoms with van der Waals surface area (Å²) >= 11 is 9.12. The van der Waals surface area contributed by atoms with Gasteiger partial charge in [-0.3, -0.25) is 4.79 Å². The first-order chi connectivity index (χ1) is 14.5. The van der Waals surface area contributed by atoms with Gasteiger partial charge in [0.05, 0.1) is 11.8 Å². The van der Waals surface area contributed by atoms with E-state index in [0.717, 1.165) is 0 Å². The second-order valence-electron chi connectivity index (χ2n) is 5.98. The number of hydrogen-bond donors (Lipinski definition) is 1. The lowest BCUT2D eigenvalue weighted by Crippen LogP contribution is -2.24. The summed E-state index contributed by atoms with van der Waals surface area (Å²) in [7, 11) is 0. The fraction of sp³-hybridized carbons (Fsp3) is 0.0455. The second-order valence-corrected chi connectivity index (χ2v) is 7.27. The number of halogens is 2. The molecule has 1 N–H and O–H groups in total. The van der Waals surface area contributed by atoms with Crippen LogP contribution in [-0.4, -0.2) is 24.7 Å². The van der Waals surface area contributed by atoms with Crippen LogP contribution in [0.4, 0.5) is 0 Å². The predicted octanol–water partition coefficient (Wildman–Crippen LogP) is 4.85. The zero-order valence-corrected chi connectivity index (χ0v) is 17.9.